The molecule has 0 saturated carbocycles. The van der Waals surface area contributed by atoms with Crippen LogP contribution in [0.3, 0.4) is 0 Å². The molecule has 38 heavy (non-hydrogen) atoms. The van der Waals surface area contributed by atoms with Crippen molar-refractivity contribution in [2.75, 3.05) is 12.4 Å². The number of amides is 1. The highest BCUT2D eigenvalue weighted by atomic mass is 16.5. The molecule has 0 heterocycles. The van der Waals surface area contributed by atoms with E-state index in [-0.39, 0.29) is 11.8 Å². The molecule has 0 aromatic heterocycles. The first-order valence-electron chi connectivity index (χ1n) is 13.0. The third-order valence-electron chi connectivity index (χ3n) is 7.14. The van der Waals surface area contributed by atoms with Crippen molar-refractivity contribution in [2.24, 2.45) is 5.92 Å². The van der Waals surface area contributed by atoms with Gasteiger partial charge < -0.3 is 19.9 Å². The number of rotatable bonds is 7. The van der Waals surface area contributed by atoms with Gasteiger partial charge in [0.25, 0.3) is 0 Å². The van der Waals surface area contributed by atoms with Gasteiger partial charge in [0, 0.05) is 24.5 Å². The van der Waals surface area contributed by atoms with Gasteiger partial charge in [-0.2, -0.15) is 0 Å². The normalized spacial score (nSPS) is 16.4. The summed E-state index contributed by atoms with van der Waals surface area (Å²) in [5, 5.41) is 13.5. The molecule has 0 fully saturated rings. The maximum atomic E-state index is 12.8. The molecule has 6 nitrogen and oxygen atoms in total. The van der Waals surface area contributed by atoms with E-state index >= 15 is 0 Å². The van der Waals surface area contributed by atoms with Crippen molar-refractivity contribution in [2.45, 2.75) is 80.4 Å². The van der Waals surface area contributed by atoms with Crippen molar-refractivity contribution >= 4 is 23.1 Å². The SMILES string of the molecule is COC1=CC=C(c2c(C)c(-c3ccc(C)c(C)c3)c(NC(C)=O)c(C)c2C(OC(C)(C)C)C(=O)O)C(C)C1. The van der Waals surface area contributed by atoms with Crippen molar-refractivity contribution in [1.82, 2.24) is 0 Å². The second-order valence-electron chi connectivity index (χ2n) is 11.3. The lowest BCUT2D eigenvalue weighted by Crippen LogP contribution is -2.29. The van der Waals surface area contributed by atoms with E-state index in [1.165, 1.54) is 12.5 Å². The standard InChI is InChI=1S/C32H41NO5/c1-17-11-12-23(15-18(17)2)26-20(4)27(25-14-13-24(37-10)16-19(25)3)28(21(5)29(26)33-22(6)34)30(31(35)36)38-32(7,8)9/h11-15,19,30H,16H2,1-10H3,(H,33,34)(H,35,36). The summed E-state index contributed by atoms with van der Waals surface area (Å²) >= 11 is 0. The van der Waals surface area contributed by atoms with Gasteiger partial charge in [-0.15, -0.1) is 0 Å². The molecule has 3 rings (SSSR count). The molecule has 0 aliphatic heterocycles. The summed E-state index contributed by atoms with van der Waals surface area (Å²) in [5.74, 6) is -0.344. The van der Waals surface area contributed by atoms with Gasteiger partial charge in [0.2, 0.25) is 5.91 Å². The molecule has 2 aromatic carbocycles. The smallest absolute Gasteiger partial charge is 0.337 e. The zero-order valence-electron chi connectivity index (χ0n) is 24.3. The average Bonchev–Trinajstić information content (AvgIpc) is 2.81. The number of nitrogens with one attached hydrogen (secondary N) is 1. The van der Waals surface area contributed by atoms with Gasteiger partial charge >= 0.3 is 5.97 Å². The van der Waals surface area contributed by atoms with Crippen molar-refractivity contribution in [3.8, 4) is 11.1 Å². The largest absolute Gasteiger partial charge is 0.501 e. The predicted octanol–water partition coefficient (Wildman–Crippen LogP) is 7.44. The molecular formula is C32H41NO5. The number of hydrogen-bond donors (Lipinski definition) is 2. The highest BCUT2D eigenvalue weighted by Crippen LogP contribution is 2.48. The van der Waals surface area contributed by atoms with E-state index in [9.17, 15) is 14.7 Å². The number of carboxylic acids is 1. The number of aryl methyl sites for hydroxylation is 2. The number of allylic oxidation sites excluding steroid dienone is 4. The number of carboxylic acid groups (broad SMARTS) is 1. The minimum absolute atomic E-state index is 0.0788. The van der Waals surface area contributed by atoms with Gasteiger partial charge in [-0.3, -0.25) is 4.79 Å². The number of aliphatic carboxylic acids is 1. The van der Waals surface area contributed by atoms with E-state index in [4.69, 9.17) is 9.47 Å². The summed E-state index contributed by atoms with van der Waals surface area (Å²) in [7, 11) is 1.66. The third-order valence-corrected chi connectivity index (χ3v) is 7.14. The molecule has 1 aliphatic rings. The van der Waals surface area contributed by atoms with Crippen LogP contribution in [0.5, 0.6) is 0 Å². The van der Waals surface area contributed by atoms with Gasteiger partial charge in [0.1, 0.15) is 0 Å². The van der Waals surface area contributed by atoms with E-state index in [1.807, 2.05) is 46.8 Å². The third kappa shape index (κ3) is 6.02. The van der Waals surface area contributed by atoms with Crippen LogP contribution in [0.15, 0.2) is 36.1 Å². The van der Waals surface area contributed by atoms with Crippen LogP contribution in [0.4, 0.5) is 5.69 Å². The zero-order valence-corrected chi connectivity index (χ0v) is 24.3. The molecule has 2 unspecified atom stereocenters. The van der Waals surface area contributed by atoms with Gasteiger partial charge in [0.05, 0.1) is 24.2 Å². The highest BCUT2D eigenvalue weighted by Gasteiger charge is 2.35. The Morgan fingerprint density at radius 3 is 2.18 bits per heavy atom. The molecule has 0 bridgehead atoms. The fraction of sp³-hybridized carbons (Fsp3) is 0.438. The van der Waals surface area contributed by atoms with Crippen molar-refractivity contribution in [1.29, 1.82) is 0 Å². The van der Waals surface area contributed by atoms with Gasteiger partial charge in [-0.25, -0.2) is 4.79 Å². The molecule has 1 aliphatic carbocycles. The van der Waals surface area contributed by atoms with E-state index in [1.54, 1.807) is 7.11 Å². The molecule has 0 spiro atoms. The van der Waals surface area contributed by atoms with Crippen LogP contribution in [0.2, 0.25) is 0 Å². The molecule has 2 aromatic rings. The molecule has 2 atom stereocenters. The number of benzene rings is 2. The number of carbonyl (C=O) groups excluding carboxylic acids is 1. The summed E-state index contributed by atoms with van der Waals surface area (Å²) in [5.41, 5.74) is 8.06. The van der Waals surface area contributed by atoms with Gasteiger partial charge in [-0.05, 0) is 99.4 Å². The lowest BCUT2D eigenvalue weighted by atomic mass is 9.77. The van der Waals surface area contributed by atoms with Crippen LogP contribution in [0.25, 0.3) is 16.7 Å². The van der Waals surface area contributed by atoms with E-state index in [2.05, 4.69) is 44.3 Å². The van der Waals surface area contributed by atoms with Crippen LogP contribution in [-0.4, -0.2) is 29.7 Å². The van der Waals surface area contributed by atoms with E-state index in [0.29, 0.717) is 23.2 Å². The summed E-state index contributed by atoms with van der Waals surface area (Å²) in [6, 6.07) is 6.25. The molecule has 0 radical (unpaired) electrons. The lowest BCUT2D eigenvalue weighted by molar-refractivity contribution is -0.160. The Balaban J connectivity index is 2.53. The van der Waals surface area contributed by atoms with Crippen LogP contribution in [0.1, 0.15) is 80.5 Å². The fourth-order valence-corrected chi connectivity index (χ4v) is 5.21. The molecule has 1 amide bonds. The average molecular weight is 520 g/mol. The minimum atomic E-state index is -1.23. The Kier molecular flexibility index (Phi) is 8.57. The van der Waals surface area contributed by atoms with Gasteiger partial charge in [0.15, 0.2) is 6.10 Å². The number of anilines is 1. The minimum Gasteiger partial charge on any atom is -0.501 e. The first-order chi connectivity index (χ1) is 17.7. The lowest BCUT2D eigenvalue weighted by Gasteiger charge is -2.33. The molecule has 204 valence electrons. The van der Waals surface area contributed by atoms with E-state index < -0.39 is 17.7 Å². The predicted molar refractivity (Wildman–Crippen MR) is 153 cm³/mol. The second-order valence-corrected chi connectivity index (χ2v) is 11.3. The summed E-state index contributed by atoms with van der Waals surface area (Å²) in [6.07, 6.45) is 3.44. The van der Waals surface area contributed by atoms with Crippen LogP contribution >= 0.6 is 0 Å². The second kappa shape index (κ2) is 11.2. The van der Waals surface area contributed by atoms with Crippen molar-refractivity contribution < 1.29 is 24.2 Å². The topological polar surface area (TPSA) is 84.9 Å². The molecule has 0 saturated heterocycles. The van der Waals surface area contributed by atoms with E-state index in [0.717, 1.165) is 39.1 Å². The molecule has 6 heteroatoms. The van der Waals surface area contributed by atoms with Crippen LogP contribution in [0, 0.1) is 33.6 Å². The monoisotopic (exact) mass is 519 g/mol. The summed E-state index contributed by atoms with van der Waals surface area (Å²) < 4.78 is 11.7. The van der Waals surface area contributed by atoms with Crippen LogP contribution < -0.4 is 5.32 Å². The number of hydrogen-bond acceptors (Lipinski definition) is 4. The Bertz CT molecular complexity index is 1330. The molecular weight excluding hydrogens is 478 g/mol. The number of carbonyl (C=O) groups is 2. The van der Waals surface area contributed by atoms with Crippen molar-refractivity contribution in [3.05, 3.63) is 69.5 Å². The maximum Gasteiger partial charge on any atom is 0.337 e. The number of ether oxygens (including phenoxy) is 2. The Hall–Kier alpha value is -3.38. The fourth-order valence-electron chi connectivity index (χ4n) is 5.21. The Morgan fingerprint density at radius 2 is 1.68 bits per heavy atom. The number of methoxy groups -OCH3 is 1. The Labute approximate surface area is 226 Å². The zero-order chi connectivity index (χ0) is 28.5. The van der Waals surface area contributed by atoms with Gasteiger partial charge in [-0.1, -0.05) is 31.2 Å². The van der Waals surface area contributed by atoms with Crippen LogP contribution in [-0.2, 0) is 19.1 Å². The quantitative estimate of drug-likeness (QED) is 0.397. The maximum absolute atomic E-state index is 12.8. The van der Waals surface area contributed by atoms with Crippen molar-refractivity contribution in [3.63, 3.8) is 0 Å². The summed E-state index contributed by atoms with van der Waals surface area (Å²) in [6.45, 7) is 17.1. The Morgan fingerprint density at radius 1 is 1.03 bits per heavy atom. The first-order valence-corrected chi connectivity index (χ1v) is 13.0. The molecule has 2 N–H and O–H groups in total. The summed E-state index contributed by atoms with van der Waals surface area (Å²) in [4.78, 5) is 25.2. The first kappa shape index (κ1) is 29.2. The highest BCUT2D eigenvalue weighted by molar-refractivity contribution is 6.00.